The standard InChI is InChI=1S/C10H10FNO/c11-9-3-1-2-7-6-8(4-5-13)12-10(7)9/h1-3,5,8,12H,4,6H2. The highest BCUT2D eigenvalue weighted by Crippen LogP contribution is 2.28. The number of carbonyl (C=O) groups excluding carboxylic acids is 1. The van der Waals surface area contributed by atoms with Crippen molar-refractivity contribution in [3.63, 3.8) is 0 Å². The number of carbonyl (C=O) groups is 1. The fourth-order valence-electron chi connectivity index (χ4n) is 1.68. The van der Waals surface area contributed by atoms with Crippen LogP contribution in [0.15, 0.2) is 18.2 Å². The van der Waals surface area contributed by atoms with E-state index in [2.05, 4.69) is 5.32 Å². The molecular formula is C10H10FNO. The first-order valence-corrected chi connectivity index (χ1v) is 4.29. The zero-order chi connectivity index (χ0) is 9.26. The number of benzene rings is 1. The summed E-state index contributed by atoms with van der Waals surface area (Å²) in [4.78, 5) is 10.3. The van der Waals surface area contributed by atoms with E-state index in [0.717, 1.165) is 18.3 Å². The molecule has 0 aliphatic carbocycles. The van der Waals surface area contributed by atoms with Crippen molar-refractivity contribution in [1.82, 2.24) is 0 Å². The van der Waals surface area contributed by atoms with Gasteiger partial charge >= 0.3 is 0 Å². The number of nitrogens with one attached hydrogen (secondary N) is 1. The summed E-state index contributed by atoms with van der Waals surface area (Å²) in [6.45, 7) is 0. The van der Waals surface area contributed by atoms with E-state index >= 15 is 0 Å². The molecule has 1 aromatic rings. The molecule has 0 fully saturated rings. The molecule has 2 nitrogen and oxygen atoms in total. The molecule has 1 atom stereocenters. The first-order valence-electron chi connectivity index (χ1n) is 4.29. The van der Waals surface area contributed by atoms with E-state index in [0.29, 0.717) is 12.1 Å². The van der Waals surface area contributed by atoms with E-state index in [1.807, 2.05) is 6.07 Å². The Bertz CT molecular complexity index is 338. The Morgan fingerprint density at radius 1 is 1.62 bits per heavy atom. The number of hydrogen-bond donors (Lipinski definition) is 1. The number of rotatable bonds is 2. The third-order valence-electron chi connectivity index (χ3n) is 2.30. The molecule has 1 heterocycles. The number of aldehydes is 1. The molecule has 0 spiro atoms. The van der Waals surface area contributed by atoms with Crippen molar-refractivity contribution < 1.29 is 9.18 Å². The molecule has 1 aliphatic heterocycles. The van der Waals surface area contributed by atoms with Crippen LogP contribution in [0.5, 0.6) is 0 Å². The zero-order valence-corrected chi connectivity index (χ0v) is 7.09. The Morgan fingerprint density at radius 3 is 3.15 bits per heavy atom. The summed E-state index contributed by atoms with van der Waals surface area (Å²) in [5.41, 5.74) is 1.53. The number of hydrogen-bond acceptors (Lipinski definition) is 2. The summed E-state index contributed by atoms with van der Waals surface area (Å²) < 4.78 is 13.2. The van der Waals surface area contributed by atoms with Gasteiger partial charge in [-0.25, -0.2) is 4.39 Å². The highest BCUT2D eigenvalue weighted by Gasteiger charge is 2.22. The second-order valence-corrected chi connectivity index (χ2v) is 3.22. The number of anilines is 1. The Morgan fingerprint density at radius 2 is 2.46 bits per heavy atom. The van der Waals surface area contributed by atoms with Crippen LogP contribution in [0.25, 0.3) is 0 Å². The minimum Gasteiger partial charge on any atom is -0.379 e. The fraction of sp³-hybridized carbons (Fsp3) is 0.300. The summed E-state index contributed by atoms with van der Waals surface area (Å²) in [6.07, 6.45) is 2.04. The number of para-hydroxylation sites is 1. The summed E-state index contributed by atoms with van der Waals surface area (Å²) in [7, 11) is 0. The van der Waals surface area contributed by atoms with E-state index in [4.69, 9.17) is 0 Å². The lowest BCUT2D eigenvalue weighted by Crippen LogP contribution is -2.15. The molecule has 0 amide bonds. The third kappa shape index (κ3) is 1.41. The Hall–Kier alpha value is -1.38. The van der Waals surface area contributed by atoms with Gasteiger partial charge in [0.25, 0.3) is 0 Å². The molecule has 1 unspecified atom stereocenters. The summed E-state index contributed by atoms with van der Waals surface area (Å²) in [6, 6.07) is 5.08. The van der Waals surface area contributed by atoms with Gasteiger partial charge in [-0.05, 0) is 18.1 Å². The van der Waals surface area contributed by atoms with Crippen LogP contribution in [-0.2, 0) is 11.2 Å². The Labute approximate surface area is 75.8 Å². The van der Waals surface area contributed by atoms with Gasteiger partial charge in [0.15, 0.2) is 0 Å². The minimum atomic E-state index is -0.231. The average Bonchev–Trinajstić information content (AvgIpc) is 2.49. The molecule has 0 saturated heterocycles. The molecule has 0 saturated carbocycles. The van der Waals surface area contributed by atoms with Gasteiger partial charge in [0, 0.05) is 12.5 Å². The van der Waals surface area contributed by atoms with Crippen molar-refractivity contribution in [3.8, 4) is 0 Å². The number of halogens is 1. The lowest BCUT2D eigenvalue weighted by atomic mass is 10.1. The zero-order valence-electron chi connectivity index (χ0n) is 7.09. The molecule has 0 radical (unpaired) electrons. The molecule has 13 heavy (non-hydrogen) atoms. The maximum atomic E-state index is 13.2. The first kappa shape index (κ1) is 8.23. The molecule has 1 aliphatic rings. The second-order valence-electron chi connectivity index (χ2n) is 3.22. The lowest BCUT2D eigenvalue weighted by molar-refractivity contribution is -0.108. The van der Waals surface area contributed by atoms with Crippen molar-refractivity contribution in [2.24, 2.45) is 0 Å². The molecule has 68 valence electrons. The first-order chi connectivity index (χ1) is 6.31. The van der Waals surface area contributed by atoms with Crippen LogP contribution in [0.3, 0.4) is 0 Å². The van der Waals surface area contributed by atoms with E-state index in [1.165, 1.54) is 6.07 Å². The van der Waals surface area contributed by atoms with Crippen molar-refractivity contribution in [1.29, 1.82) is 0 Å². The van der Waals surface area contributed by atoms with Gasteiger partial charge in [-0.2, -0.15) is 0 Å². The van der Waals surface area contributed by atoms with E-state index < -0.39 is 0 Å². The van der Waals surface area contributed by atoms with Crippen LogP contribution in [0.4, 0.5) is 10.1 Å². The predicted molar refractivity (Wildman–Crippen MR) is 48.2 cm³/mol. The predicted octanol–water partition coefficient (Wildman–Crippen LogP) is 1.75. The summed E-state index contributed by atoms with van der Waals surface area (Å²) >= 11 is 0. The normalized spacial score (nSPS) is 19.3. The molecule has 1 N–H and O–H groups in total. The van der Waals surface area contributed by atoms with Crippen molar-refractivity contribution >= 4 is 12.0 Å². The topological polar surface area (TPSA) is 29.1 Å². The molecule has 0 bridgehead atoms. The maximum Gasteiger partial charge on any atom is 0.146 e. The summed E-state index contributed by atoms with van der Waals surface area (Å²) in [5, 5.41) is 3.00. The van der Waals surface area contributed by atoms with Gasteiger partial charge in [-0.1, -0.05) is 12.1 Å². The number of fused-ring (bicyclic) bond motifs is 1. The fourth-order valence-corrected chi connectivity index (χ4v) is 1.68. The van der Waals surface area contributed by atoms with Gasteiger partial charge in [-0.15, -0.1) is 0 Å². The highest BCUT2D eigenvalue weighted by atomic mass is 19.1. The monoisotopic (exact) mass is 179 g/mol. The minimum absolute atomic E-state index is 0.0735. The van der Waals surface area contributed by atoms with Crippen LogP contribution in [0, 0.1) is 5.82 Å². The molecule has 1 aromatic carbocycles. The molecular weight excluding hydrogens is 169 g/mol. The van der Waals surface area contributed by atoms with Crippen LogP contribution < -0.4 is 5.32 Å². The van der Waals surface area contributed by atoms with Gasteiger partial charge in [0.1, 0.15) is 12.1 Å². The Kier molecular flexibility index (Phi) is 2.00. The van der Waals surface area contributed by atoms with Crippen LogP contribution in [0.1, 0.15) is 12.0 Å². The maximum absolute atomic E-state index is 13.2. The summed E-state index contributed by atoms with van der Waals surface area (Å²) in [5.74, 6) is -0.231. The van der Waals surface area contributed by atoms with Crippen LogP contribution in [-0.4, -0.2) is 12.3 Å². The van der Waals surface area contributed by atoms with E-state index in [-0.39, 0.29) is 11.9 Å². The molecule has 3 heteroatoms. The second kappa shape index (κ2) is 3.17. The van der Waals surface area contributed by atoms with Crippen molar-refractivity contribution in [2.75, 3.05) is 5.32 Å². The molecule has 2 rings (SSSR count). The average molecular weight is 179 g/mol. The molecule has 0 aromatic heterocycles. The van der Waals surface area contributed by atoms with Crippen LogP contribution >= 0.6 is 0 Å². The van der Waals surface area contributed by atoms with Crippen molar-refractivity contribution in [2.45, 2.75) is 18.9 Å². The van der Waals surface area contributed by atoms with Crippen LogP contribution in [0.2, 0.25) is 0 Å². The van der Waals surface area contributed by atoms with Crippen molar-refractivity contribution in [3.05, 3.63) is 29.6 Å². The Balaban J connectivity index is 2.24. The smallest absolute Gasteiger partial charge is 0.146 e. The SMILES string of the molecule is O=CCC1Cc2cccc(F)c2N1. The quantitative estimate of drug-likeness (QED) is 0.701. The van der Waals surface area contributed by atoms with Gasteiger partial charge in [-0.3, -0.25) is 0 Å². The third-order valence-corrected chi connectivity index (χ3v) is 2.30. The van der Waals surface area contributed by atoms with Gasteiger partial charge in [0.2, 0.25) is 0 Å². The highest BCUT2D eigenvalue weighted by molar-refractivity contribution is 5.61. The van der Waals surface area contributed by atoms with E-state index in [1.54, 1.807) is 6.07 Å². The van der Waals surface area contributed by atoms with E-state index in [9.17, 15) is 9.18 Å². The lowest BCUT2D eigenvalue weighted by Gasteiger charge is -2.05. The van der Waals surface area contributed by atoms with Gasteiger partial charge in [0.05, 0.1) is 5.69 Å². The largest absolute Gasteiger partial charge is 0.379 e. The van der Waals surface area contributed by atoms with Gasteiger partial charge < -0.3 is 10.1 Å².